The van der Waals surface area contributed by atoms with Crippen molar-refractivity contribution in [3.05, 3.63) is 76.5 Å². The van der Waals surface area contributed by atoms with Crippen LogP contribution in [0.15, 0.2) is 65.9 Å². The predicted octanol–water partition coefficient (Wildman–Crippen LogP) is 5.31. The standard InChI is InChI=1S/C30H22BrCl3N2O6/c31-13-35-27(40)29(33)11-21-19(6-7-20-23(21)26(39)36(25(20)38)17-3-1-16(32)2-4-17)24(30(29,34)28(35)41)15-9-14-10-18(37)5-8-22(14)42-12-15/h1-6,8,10,12,20-21,23-24,37H,7,9,11,13H2/t20-,21+,23-,24-,29+,30-/m0/s1. The number of phenolic OH excluding ortho intramolecular Hbond substituents is 1. The van der Waals surface area contributed by atoms with Gasteiger partial charge in [-0.05, 0) is 66.8 Å². The molecule has 2 aromatic rings. The van der Waals surface area contributed by atoms with Gasteiger partial charge in [0.2, 0.25) is 11.8 Å². The van der Waals surface area contributed by atoms with Crippen molar-refractivity contribution in [1.82, 2.24) is 4.90 Å². The van der Waals surface area contributed by atoms with Crippen molar-refractivity contribution < 1.29 is 29.0 Å². The molecule has 8 nitrogen and oxygen atoms in total. The zero-order valence-corrected chi connectivity index (χ0v) is 25.6. The second kappa shape index (κ2) is 9.58. The van der Waals surface area contributed by atoms with Crippen molar-refractivity contribution in [1.29, 1.82) is 0 Å². The van der Waals surface area contributed by atoms with Gasteiger partial charge in [-0.3, -0.25) is 29.0 Å². The van der Waals surface area contributed by atoms with Gasteiger partial charge < -0.3 is 9.84 Å². The Labute approximate surface area is 263 Å². The van der Waals surface area contributed by atoms with Gasteiger partial charge in [-0.15, -0.1) is 23.2 Å². The average molecular weight is 693 g/mol. The zero-order valence-electron chi connectivity index (χ0n) is 21.7. The van der Waals surface area contributed by atoms with E-state index in [1.807, 2.05) is 6.08 Å². The number of hydrogen-bond acceptors (Lipinski definition) is 6. The molecule has 42 heavy (non-hydrogen) atoms. The Morgan fingerprint density at radius 2 is 1.74 bits per heavy atom. The molecule has 216 valence electrons. The molecule has 2 aliphatic carbocycles. The largest absolute Gasteiger partial charge is 0.508 e. The first-order valence-corrected chi connectivity index (χ1v) is 15.6. The number of allylic oxidation sites excluding steroid dienone is 3. The summed E-state index contributed by atoms with van der Waals surface area (Å²) in [4.78, 5) is 53.8. The number of hydrogen-bond donors (Lipinski definition) is 1. The maximum atomic E-state index is 14.0. The topological polar surface area (TPSA) is 104 Å². The Hall–Kier alpha value is -2.85. The van der Waals surface area contributed by atoms with Crippen LogP contribution >= 0.6 is 50.7 Å². The second-order valence-corrected chi connectivity index (χ2v) is 13.4. The Bertz CT molecular complexity index is 1660. The van der Waals surface area contributed by atoms with Crippen molar-refractivity contribution in [2.45, 2.75) is 29.0 Å². The van der Waals surface area contributed by atoms with Gasteiger partial charge in [-0.1, -0.05) is 39.2 Å². The van der Waals surface area contributed by atoms with E-state index in [0.29, 0.717) is 33.2 Å². The molecule has 12 heteroatoms. The third-order valence-electron chi connectivity index (χ3n) is 9.25. The number of nitrogens with zero attached hydrogens (tertiary/aromatic N) is 2. The number of ether oxygens (including phenoxy) is 1. The highest BCUT2D eigenvalue weighted by atomic mass is 79.9. The molecule has 0 radical (unpaired) electrons. The number of rotatable bonds is 3. The summed E-state index contributed by atoms with van der Waals surface area (Å²) in [5.41, 5.74) is 2.22. The van der Waals surface area contributed by atoms with Gasteiger partial charge in [0.1, 0.15) is 11.5 Å². The van der Waals surface area contributed by atoms with E-state index in [0.717, 1.165) is 4.90 Å². The van der Waals surface area contributed by atoms with Crippen molar-refractivity contribution in [2.75, 3.05) is 10.4 Å². The number of fused-ring (bicyclic) bond motifs is 5. The summed E-state index contributed by atoms with van der Waals surface area (Å²) >= 11 is 23.8. The molecule has 0 unspecified atom stereocenters. The van der Waals surface area contributed by atoms with E-state index in [-0.39, 0.29) is 36.4 Å². The lowest BCUT2D eigenvalue weighted by Gasteiger charge is -2.51. The van der Waals surface area contributed by atoms with Gasteiger partial charge in [0.25, 0.3) is 11.8 Å². The number of anilines is 1. The van der Waals surface area contributed by atoms with Crippen molar-refractivity contribution in [3.63, 3.8) is 0 Å². The molecule has 4 amide bonds. The lowest BCUT2D eigenvalue weighted by atomic mass is 9.56. The number of halogens is 4. The smallest absolute Gasteiger partial charge is 0.254 e. The predicted molar refractivity (Wildman–Crippen MR) is 159 cm³/mol. The van der Waals surface area contributed by atoms with Crippen molar-refractivity contribution in [2.24, 2.45) is 23.7 Å². The van der Waals surface area contributed by atoms with Crippen LogP contribution in [0.3, 0.4) is 0 Å². The van der Waals surface area contributed by atoms with E-state index < -0.39 is 51.1 Å². The summed E-state index contributed by atoms with van der Waals surface area (Å²) in [5, 5.41) is 10.6. The van der Waals surface area contributed by atoms with E-state index in [1.54, 1.807) is 36.4 Å². The van der Waals surface area contributed by atoms with Crippen LogP contribution in [-0.4, -0.2) is 48.8 Å². The van der Waals surface area contributed by atoms with E-state index >= 15 is 0 Å². The minimum absolute atomic E-state index is 0.0436. The van der Waals surface area contributed by atoms with Gasteiger partial charge in [-0.2, -0.15) is 0 Å². The molecule has 0 bridgehead atoms. The van der Waals surface area contributed by atoms with E-state index in [1.165, 1.54) is 17.2 Å². The van der Waals surface area contributed by atoms with Gasteiger partial charge in [0.15, 0.2) is 9.75 Å². The molecule has 3 heterocycles. The van der Waals surface area contributed by atoms with Crippen LogP contribution in [0.5, 0.6) is 11.5 Å². The molecule has 0 aromatic heterocycles. The third kappa shape index (κ3) is 3.60. The maximum absolute atomic E-state index is 14.0. The quantitative estimate of drug-likeness (QED) is 0.203. The lowest BCUT2D eigenvalue weighted by Crippen LogP contribution is -2.61. The van der Waals surface area contributed by atoms with Gasteiger partial charge in [-0.25, -0.2) is 0 Å². The molecule has 2 aromatic carbocycles. The molecule has 2 saturated heterocycles. The van der Waals surface area contributed by atoms with Crippen LogP contribution in [0.2, 0.25) is 5.02 Å². The Balaban J connectivity index is 1.36. The fourth-order valence-electron chi connectivity index (χ4n) is 7.41. The normalized spacial score (nSPS) is 33.4. The Kier molecular flexibility index (Phi) is 6.37. The summed E-state index contributed by atoms with van der Waals surface area (Å²) in [5.74, 6) is -4.51. The van der Waals surface area contributed by atoms with Gasteiger partial charge >= 0.3 is 0 Å². The number of imide groups is 2. The highest BCUT2D eigenvalue weighted by Crippen LogP contribution is 2.65. The van der Waals surface area contributed by atoms with Crippen LogP contribution in [0.4, 0.5) is 5.69 Å². The first-order chi connectivity index (χ1) is 20.0. The summed E-state index contributed by atoms with van der Waals surface area (Å²) in [7, 11) is 0. The minimum Gasteiger partial charge on any atom is -0.508 e. The summed E-state index contributed by atoms with van der Waals surface area (Å²) in [6, 6.07) is 11.2. The van der Waals surface area contributed by atoms with E-state index in [9.17, 15) is 24.3 Å². The second-order valence-electron chi connectivity index (χ2n) is 11.3. The van der Waals surface area contributed by atoms with Crippen LogP contribution in [0, 0.1) is 23.7 Å². The summed E-state index contributed by atoms with van der Waals surface area (Å²) in [6.07, 6.45) is 3.79. The van der Waals surface area contributed by atoms with E-state index in [4.69, 9.17) is 39.5 Å². The highest BCUT2D eigenvalue weighted by molar-refractivity contribution is 9.09. The molecule has 0 spiro atoms. The lowest BCUT2D eigenvalue weighted by molar-refractivity contribution is -0.138. The number of carbonyl (C=O) groups is 4. The highest BCUT2D eigenvalue weighted by Gasteiger charge is 2.76. The number of phenols is 1. The molecule has 6 atom stereocenters. The molecular weight excluding hydrogens is 671 g/mol. The average Bonchev–Trinajstić information content (AvgIpc) is 3.30. The molecular formula is C30H22BrCl3N2O6. The Morgan fingerprint density at radius 1 is 1.00 bits per heavy atom. The van der Waals surface area contributed by atoms with E-state index in [2.05, 4.69) is 15.9 Å². The summed E-state index contributed by atoms with van der Waals surface area (Å²) in [6.45, 7) is 0. The third-order valence-corrected chi connectivity index (χ3v) is 11.4. The van der Waals surface area contributed by atoms with Gasteiger partial charge in [0, 0.05) is 22.9 Å². The number of alkyl halides is 3. The fourth-order valence-corrected chi connectivity index (χ4v) is 8.97. The molecule has 3 aliphatic heterocycles. The van der Waals surface area contributed by atoms with Gasteiger partial charge in [0.05, 0.1) is 29.2 Å². The molecule has 5 aliphatic rings. The number of carbonyl (C=O) groups excluding carboxylic acids is 4. The first-order valence-electron chi connectivity index (χ1n) is 13.3. The molecule has 3 fully saturated rings. The number of aromatic hydroxyl groups is 1. The Morgan fingerprint density at radius 3 is 2.45 bits per heavy atom. The number of benzene rings is 2. The monoisotopic (exact) mass is 690 g/mol. The molecule has 1 saturated carbocycles. The van der Waals surface area contributed by atoms with Crippen molar-refractivity contribution >= 4 is 80.0 Å². The fraction of sp³-hybridized carbons (Fsp3) is 0.333. The van der Waals surface area contributed by atoms with Crippen molar-refractivity contribution in [3.8, 4) is 11.5 Å². The molecule has 7 rings (SSSR count). The van der Waals surface area contributed by atoms with Crippen LogP contribution < -0.4 is 9.64 Å². The number of amides is 4. The summed E-state index contributed by atoms with van der Waals surface area (Å²) < 4.78 is 5.91. The first kappa shape index (κ1) is 28.0. The SMILES string of the molecule is O=C1[C@H]2[C@H](CC=C3[C@H](C4=COc5ccc(O)cc5C4)[C@]4(Cl)C(=O)N(CBr)C(=O)[C@]4(Cl)C[C@H]32)C(=O)N1c1ccc(Cl)cc1. The number of likely N-dealkylation sites (tertiary alicyclic amines) is 1. The maximum Gasteiger partial charge on any atom is 0.254 e. The minimum atomic E-state index is -1.92. The van der Waals surface area contributed by atoms with Crippen LogP contribution in [0.25, 0.3) is 0 Å². The van der Waals surface area contributed by atoms with Crippen LogP contribution in [-0.2, 0) is 25.6 Å². The molecule has 1 N–H and O–H groups in total. The zero-order chi connectivity index (χ0) is 29.7. The van der Waals surface area contributed by atoms with Crippen LogP contribution in [0.1, 0.15) is 18.4 Å².